The number of aliphatic hydroxyl groups excluding tert-OH is 3. The van der Waals surface area contributed by atoms with Crippen LogP contribution in [0.1, 0.15) is 11.7 Å². The second-order valence-electron chi connectivity index (χ2n) is 3.79. The summed E-state index contributed by atoms with van der Waals surface area (Å²) < 4.78 is 5.15. The first-order chi connectivity index (χ1) is 8.11. The summed E-state index contributed by atoms with van der Waals surface area (Å²) in [6.45, 7) is -0.574. The normalized spacial score (nSPS) is 17.7. The molecule has 1 aliphatic rings. The molecule has 0 fully saturated rings. The van der Waals surface area contributed by atoms with Gasteiger partial charge in [-0.15, -0.1) is 0 Å². The second-order valence-corrected chi connectivity index (χ2v) is 3.79. The van der Waals surface area contributed by atoms with Crippen LogP contribution in [0.25, 0.3) is 0 Å². The van der Waals surface area contributed by atoms with Gasteiger partial charge in [0.05, 0.1) is 12.3 Å². The molecule has 0 radical (unpaired) electrons. The Morgan fingerprint density at radius 1 is 1.41 bits per heavy atom. The second kappa shape index (κ2) is 4.70. The molecule has 2 unspecified atom stereocenters. The van der Waals surface area contributed by atoms with Crippen molar-refractivity contribution in [1.29, 1.82) is 0 Å². The molecule has 6 nitrogen and oxygen atoms in total. The topological polar surface area (TPSA) is 99.0 Å². The number of hydrogen-bond acceptors (Lipinski definition) is 5. The lowest BCUT2D eigenvalue weighted by atomic mass is 10.0. The van der Waals surface area contributed by atoms with E-state index in [2.05, 4.69) is 5.32 Å². The molecule has 1 heterocycles. The van der Waals surface area contributed by atoms with Crippen LogP contribution in [0.15, 0.2) is 18.2 Å². The summed E-state index contributed by atoms with van der Waals surface area (Å²) in [4.78, 5) is 11.1. The van der Waals surface area contributed by atoms with Gasteiger partial charge < -0.3 is 25.4 Å². The summed E-state index contributed by atoms with van der Waals surface area (Å²) >= 11 is 0. The largest absolute Gasteiger partial charge is 0.482 e. The van der Waals surface area contributed by atoms with Gasteiger partial charge in [-0.25, -0.2) is 0 Å². The van der Waals surface area contributed by atoms with Gasteiger partial charge in [-0.3, -0.25) is 4.79 Å². The van der Waals surface area contributed by atoms with Crippen molar-refractivity contribution in [2.24, 2.45) is 0 Å². The molecule has 0 spiro atoms. The first-order valence-electron chi connectivity index (χ1n) is 5.15. The van der Waals surface area contributed by atoms with E-state index >= 15 is 0 Å². The summed E-state index contributed by atoms with van der Waals surface area (Å²) in [6, 6.07) is 4.67. The first kappa shape index (κ1) is 11.8. The van der Waals surface area contributed by atoms with Crippen LogP contribution in [0, 0.1) is 0 Å². The third-order valence-corrected chi connectivity index (χ3v) is 2.53. The number of hydrogen-bond donors (Lipinski definition) is 4. The minimum absolute atomic E-state index is 0.0336. The fourth-order valence-corrected chi connectivity index (χ4v) is 1.61. The van der Waals surface area contributed by atoms with Crippen LogP contribution in [0.4, 0.5) is 5.69 Å². The third kappa shape index (κ3) is 2.38. The van der Waals surface area contributed by atoms with Crippen LogP contribution in [0.5, 0.6) is 5.75 Å². The van der Waals surface area contributed by atoms with Crippen LogP contribution >= 0.6 is 0 Å². The van der Waals surface area contributed by atoms with Crippen LogP contribution in [-0.2, 0) is 4.79 Å². The van der Waals surface area contributed by atoms with E-state index in [0.717, 1.165) is 0 Å². The van der Waals surface area contributed by atoms with E-state index < -0.39 is 18.8 Å². The highest BCUT2D eigenvalue weighted by atomic mass is 16.5. The number of carbonyl (C=O) groups excluding carboxylic acids is 1. The highest BCUT2D eigenvalue weighted by Gasteiger charge is 2.21. The molecule has 1 amide bonds. The van der Waals surface area contributed by atoms with Crippen LogP contribution in [-0.4, -0.2) is 40.5 Å². The Balaban J connectivity index is 2.26. The number of nitrogens with one attached hydrogen (secondary N) is 1. The predicted molar refractivity (Wildman–Crippen MR) is 58.6 cm³/mol. The van der Waals surface area contributed by atoms with E-state index in [4.69, 9.17) is 9.84 Å². The molecule has 1 aromatic carbocycles. The smallest absolute Gasteiger partial charge is 0.262 e. The molecule has 17 heavy (non-hydrogen) atoms. The molecule has 0 bridgehead atoms. The van der Waals surface area contributed by atoms with E-state index in [1.165, 1.54) is 6.07 Å². The zero-order valence-corrected chi connectivity index (χ0v) is 8.96. The first-order valence-corrected chi connectivity index (χ1v) is 5.15. The van der Waals surface area contributed by atoms with E-state index in [1.807, 2.05) is 0 Å². The van der Waals surface area contributed by atoms with Crippen molar-refractivity contribution in [3.8, 4) is 5.75 Å². The molecular weight excluding hydrogens is 226 g/mol. The van der Waals surface area contributed by atoms with Gasteiger partial charge in [0, 0.05) is 0 Å². The number of carbonyl (C=O) groups is 1. The van der Waals surface area contributed by atoms with Gasteiger partial charge in [-0.1, -0.05) is 6.07 Å². The molecule has 0 aromatic heterocycles. The Bertz CT molecular complexity index is 434. The maximum absolute atomic E-state index is 11.1. The fraction of sp³-hybridized carbons (Fsp3) is 0.364. The number of anilines is 1. The standard InChI is InChI=1S/C11H13NO5/c13-4-8(14)11(16)6-1-2-9-7(3-6)12-10(15)5-17-9/h1-3,8,11,13-14,16H,4-5H2,(H,12,15). The van der Waals surface area contributed by atoms with Gasteiger partial charge in [0.2, 0.25) is 0 Å². The van der Waals surface area contributed by atoms with Crippen molar-refractivity contribution >= 4 is 11.6 Å². The van der Waals surface area contributed by atoms with Gasteiger partial charge in [-0.2, -0.15) is 0 Å². The minimum Gasteiger partial charge on any atom is -0.482 e. The Morgan fingerprint density at radius 2 is 2.18 bits per heavy atom. The molecule has 1 aliphatic heterocycles. The Hall–Kier alpha value is -1.63. The van der Waals surface area contributed by atoms with Gasteiger partial charge in [0.1, 0.15) is 18.0 Å². The molecule has 2 rings (SSSR count). The number of aliphatic hydroxyl groups is 3. The molecule has 0 saturated heterocycles. The fourth-order valence-electron chi connectivity index (χ4n) is 1.61. The summed E-state index contributed by atoms with van der Waals surface area (Å²) in [6.07, 6.45) is -2.46. The van der Waals surface area contributed by atoms with Crippen LogP contribution in [0.2, 0.25) is 0 Å². The van der Waals surface area contributed by atoms with Gasteiger partial charge in [0.15, 0.2) is 6.61 Å². The maximum Gasteiger partial charge on any atom is 0.262 e. The monoisotopic (exact) mass is 239 g/mol. The number of benzene rings is 1. The number of ether oxygens (including phenoxy) is 1. The molecule has 2 atom stereocenters. The summed E-state index contributed by atoms with van der Waals surface area (Å²) in [5.74, 6) is 0.242. The van der Waals surface area contributed by atoms with Crippen molar-refractivity contribution in [1.82, 2.24) is 0 Å². The Labute approximate surface area is 97.5 Å². The van der Waals surface area contributed by atoms with E-state index in [-0.39, 0.29) is 12.5 Å². The highest BCUT2D eigenvalue weighted by Crippen LogP contribution is 2.31. The Morgan fingerprint density at radius 3 is 2.88 bits per heavy atom. The van der Waals surface area contributed by atoms with Crippen LogP contribution in [0.3, 0.4) is 0 Å². The van der Waals surface area contributed by atoms with Crippen molar-refractivity contribution < 1.29 is 24.9 Å². The average molecular weight is 239 g/mol. The van der Waals surface area contributed by atoms with Gasteiger partial charge >= 0.3 is 0 Å². The molecule has 0 saturated carbocycles. The highest BCUT2D eigenvalue weighted by molar-refractivity contribution is 5.95. The van der Waals surface area contributed by atoms with Gasteiger partial charge in [-0.05, 0) is 17.7 Å². The van der Waals surface area contributed by atoms with Crippen molar-refractivity contribution in [2.75, 3.05) is 18.5 Å². The lowest BCUT2D eigenvalue weighted by Crippen LogP contribution is -2.26. The van der Waals surface area contributed by atoms with Gasteiger partial charge in [0.25, 0.3) is 5.91 Å². The maximum atomic E-state index is 11.1. The molecule has 0 aliphatic carbocycles. The zero-order chi connectivity index (χ0) is 12.4. The molecule has 1 aromatic rings. The van der Waals surface area contributed by atoms with E-state index in [0.29, 0.717) is 17.0 Å². The van der Waals surface area contributed by atoms with E-state index in [1.54, 1.807) is 12.1 Å². The Kier molecular flexibility index (Phi) is 3.28. The SMILES string of the molecule is O=C1COc2ccc(C(O)C(O)CO)cc2N1. The summed E-state index contributed by atoms with van der Waals surface area (Å²) in [5, 5.41) is 30.3. The third-order valence-electron chi connectivity index (χ3n) is 2.53. The van der Waals surface area contributed by atoms with E-state index in [9.17, 15) is 15.0 Å². The zero-order valence-electron chi connectivity index (χ0n) is 8.96. The number of amides is 1. The van der Waals surface area contributed by atoms with Crippen molar-refractivity contribution in [3.05, 3.63) is 23.8 Å². The summed E-state index contributed by atoms with van der Waals surface area (Å²) in [7, 11) is 0. The average Bonchev–Trinajstić information content (AvgIpc) is 2.36. The lowest BCUT2D eigenvalue weighted by molar-refractivity contribution is -0.118. The predicted octanol–water partition coefficient (Wildman–Crippen LogP) is -0.596. The number of rotatable bonds is 3. The molecule has 6 heteroatoms. The quantitative estimate of drug-likeness (QED) is 0.564. The van der Waals surface area contributed by atoms with Crippen LogP contribution < -0.4 is 10.1 Å². The molecular formula is C11H13NO5. The minimum atomic E-state index is -1.26. The van der Waals surface area contributed by atoms with Crippen molar-refractivity contribution in [2.45, 2.75) is 12.2 Å². The van der Waals surface area contributed by atoms with Crippen molar-refractivity contribution in [3.63, 3.8) is 0 Å². The molecule has 92 valence electrons. The lowest BCUT2D eigenvalue weighted by Gasteiger charge is -2.21. The number of fused-ring (bicyclic) bond motifs is 1. The summed E-state index contributed by atoms with van der Waals surface area (Å²) in [5.41, 5.74) is 0.846. The molecule has 4 N–H and O–H groups in total.